The summed E-state index contributed by atoms with van der Waals surface area (Å²) >= 11 is 12.0. The predicted molar refractivity (Wildman–Crippen MR) is 130 cm³/mol. The summed E-state index contributed by atoms with van der Waals surface area (Å²) < 4.78 is 0. The zero-order chi connectivity index (χ0) is 23.2. The van der Waals surface area contributed by atoms with Crippen LogP contribution in [0, 0.1) is 0 Å². The van der Waals surface area contributed by atoms with Crippen LogP contribution in [0.5, 0.6) is 0 Å². The van der Waals surface area contributed by atoms with Crippen molar-refractivity contribution in [2.45, 2.75) is 19.4 Å². The lowest BCUT2D eigenvalue weighted by Crippen LogP contribution is -2.34. The molecule has 33 heavy (non-hydrogen) atoms. The van der Waals surface area contributed by atoms with E-state index in [0.29, 0.717) is 17.3 Å². The van der Waals surface area contributed by atoms with E-state index in [1.165, 1.54) is 5.57 Å². The van der Waals surface area contributed by atoms with Crippen LogP contribution in [0.15, 0.2) is 78.4 Å². The van der Waals surface area contributed by atoms with Crippen molar-refractivity contribution in [2.75, 3.05) is 5.32 Å². The molecule has 0 heterocycles. The highest BCUT2D eigenvalue weighted by molar-refractivity contribution is 6.34. The van der Waals surface area contributed by atoms with E-state index in [2.05, 4.69) is 16.1 Å². The average Bonchev–Trinajstić information content (AvgIpc) is 3.64. The van der Waals surface area contributed by atoms with E-state index in [-0.39, 0.29) is 10.6 Å². The van der Waals surface area contributed by atoms with Crippen LogP contribution < -0.4 is 16.1 Å². The first-order valence-corrected chi connectivity index (χ1v) is 11.1. The normalized spacial score (nSPS) is 12.1. The minimum atomic E-state index is -0.644. The SMILES string of the molecule is O=C(NC(=O)c1ccccc1Cl)Nc1ccc(CONC(=C2CC2)c2ccc(Cl)cc2)cc1. The summed E-state index contributed by atoms with van der Waals surface area (Å²) in [7, 11) is 0. The van der Waals surface area contributed by atoms with Gasteiger partial charge in [0.25, 0.3) is 5.91 Å². The molecule has 4 rings (SSSR count). The molecule has 0 unspecified atom stereocenters. The molecule has 168 valence electrons. The molecule has 0 bridgehead atoms. The molecular formula is C25H21Cl2N3O3. The molecule has 0 atom stereocenters. The van der Waals surface area contributed by atoms with E-state index in [9.17, 15) is 9.59 Å². The highest BCUT2D eigenvalue weighted by atomic mass is 35.5. The minimum Gasteiger partial charge on any atom is -0.308 e. The maximum absolute atomic E-state index is 12.2. The van der Waals surface area contributed by atoms with Crippen LogP contribution in [0.4, 0.5) is 10.5 Å². The molecule has 3 aromatic rings. The first-order chi connectivity index (χ1) is 16.0. The van der Waals surface area contributed by atoms with Gasteiger partial charge >= 0.3 is 6.03 Å². The Kier molecular flexibility index (Phi) is 7.29. The third-order valence-corrected chi connectivity index (χ3v) is 5.54. The van der Waals surface area contributed by atoms with Crippen molar-refractivity contribution in [1.82, 2.24) is 10.8 Å². The Morgan fingerprint density at radius 3 is 2.24 bits per heavy atom. The number of carbonyl (C=O) groups excluding carboxylic acids is 2. The number of hydrogen-bond donors (Lipinski definition) is 3. The van der Waals surface area contributed by atoms with Crippen LogP contribution in [-0.4, -0.2) is 11.9 Å². The molecule has 0 aromatic heterocycles. The number of carbonyl (C=O) groups is 2. The summed E-state index contributed by atoms with van der Waals surface area (Å²) in [6.45, 7) is 0.335. The number of anilines is 1. The molecule has 6 nitrogen and oxygen atoms in total. The lowest BCUT2D eigenvalue weighted by molar-refractivity contribution is 0.0644. The van der Waals surface area contributed by atoms with Crippen molar-refractivity contribution in [3.63, 3.8) is 0 Å². The van der Waals surface area contributed by atoms with E-state index in [0.717, 1.165) is 29.7 Å². The summed E-state index contributed by atoms with van der Waals surface area (Å²) in [4.78, 5) is 30.0. The number of urea groups is 1. The number of nitrogens with one attached hydrogen (secondary N) is 3. The monoisotopic (exact) mass is 481 g/mol. The maximum atomic E-state index is 12.2. The highest BCUT2D eigenvalue weighted by Gasteiger charge is 2.19. The molecule has 1 aliphatic carbocycles. The first-order valence-electron chi connectivity index (χ1n) is 10.3. The first kappa shape index (κ1) is 22.9. The standard InChI is InChI=1S/C25H21Cl2N3O3/c26-19-11-9-18(10-12-19)23(17-7-8-17)30-33-15-16-5-13-20(14-6-16)28-25(32)29-24(31)21-3-1-2-4-22(21)27/h1-6,9-14,30H,7-8,15H2,(H2,28,29,31,32). The van der Waals surface area contributed by atoms with Crippen LogP contribution in [0.2, 0.25) is 10.0 Å². The number of hydroxylamine groups is 1. The Morgan fingerprint density at radius 2 is 1.58 bits per heavy atom. The summed E-state index contributed by atoms with van der Waals surface area (Å²) in [6.07, 6.45) is 2.10. The Labute approximate surface area is 201 Å². The Morgan fingerprint density at radius 1 is 0.879 bits per heavy atom. The molecule has 0 saturated heterocycles. The Bertz CT molecular complexity index is 1190. The van der Waals surface area contributed by atoms with Gasteiger partial charge in [-0.2, -0.15) is 0 Å². The van der Waals surface area contributed by atoms with Gasteiger partial charge in [0.05, 0.1) is 22.9 Å². The van der Waals surface area contributed by atoms with Gasteiger partial charge in [-0.3, -0.25) is 20.4 Å². The van der Waals surface area contributed by atoms with Crippen molar-refractivity contribution in [2.24, 2.45) is 0 Å². The fourth-order valence-corrected chi connectivity index (χ4v) is 3.47. The molecule has 3 N–H and O–H groups in total. The smallest absolute Gasteiger partial charge is 0.308 e. The third-order valence-electron chi connectivity index (χ3n) is 4.96. The van der Waals surface area contributed by atoms with Gasteiger partial charge in [-0.1, -0.05) is 59.6 Å². The number of hydrogen-bond acceptors (Lipinski definition) is 4. The topological polar surface area (TPSA) is 79.5 Å². The Balaban J connectivity index is 1.27. The van der Waals surface area contributed by atoms with Crippen molar-refractivity contribution in [1.29, 1.82) is 0 Å². The van der Waals surface area contributed by atoms with Crippen LogP contribution in [0.3, 0.4) is 0 Å². The summed E-state index contributed by atoms with van der Waals surface area (Å²) in [5.74, 6) is -0.574. The van der Waals surface area contributed by atoms with E-state index in [1.807, 2.05) is 36.4 Å². The lowest BCUT2D eigenvalue weighted by Gasteiger charge is -2.12. The fourth-order valence-electron chi connectivity index (χ4n) is 3.12. The van der Waals surface area contributed by atoms with E-state index in [1.54, 1.807) is 36.4 Å². The summed E-state index contributed by atoms with van der Waals surface area (Å²) in [5.41, 5.74) is 8.07. The Hall–Kier alpha value is -3.32. The van der Waals surface area contributed by atoms with Crippen LogP contribution in [0.1, 0.15) is 34.3 Å². The summed E-state index contributed by atoms with van der Waals surface area (Å²) in [6, 6.07) is 20.6. The number of halogens is 2. The van der Waals surface area contributed by atoms with Crippen LogP contribution in [-0.2, 0) is 11.4 Å². The number of allylic oxidation sites excluding steroid dienone is 1. The second kappa shape index (κ2) is 10.5. The van der Waals surface area contributed by atoms with Gasteiger partial charge in [-0.15, -0.1) is 0 Å². The zero-order valence-electron chi connectivity index (χ0n) is 17.5. The summed E-state index contributed by atoms with van der Waals surface area (Å²) in [5, 5.41) is 5.85. The van der Waals surface area contributed by atoms with Gasteiger partial charge in [0.1, 0.15) is 0 Å². The molecule has 1 fully saturated rings. The second-order valence-electron chi connectivity index (χ2n) is 7.46. The number of benzene rings is 3. The van der Waals surface area contributed by atoms with Crippen LogP contribution in [0.25, 0.3) is 5.70 Å². The molecule has 8 heteroatoms. The van der Waals surface area contributed by atoms with E-state index < -0.39 is 11.9 Å². The number of imide groups is 1. The molecule has 0 spiro atoms. The maximum Gasteiger partial charge on any atom is 0.326 e. The van der Waals surface area contributed by atoms with E-state index >= 15 is 0 Å². The van der Waals surface area contributed by atoms with Crippen molar-refractivity contribution in [3.8, 4) is 0 Å². The molecule has 3 amide bonds. The quantitative estimate of drug-likeness (QED) is 0.352. The average molecular weight is 482 g/mol. The van der Waals surface area contributed by atoms with Gasteiger partial charge in [0.15, 0.2) is 0 Å². The minimum absolute atomic E-state index is 0.230. The lowest BCUT2D eigenvalue weighted by atomic mass is 10.1. The molecular weight excluding hydrogens is 461 g/mol. The fraction of sp³-hybridized carbons (Fsp3) is 0.120. The second-order valence-corrected chi connectivity index (χ2v) is 8.30. The highest BCUT2D eigenvalue weighted by Crippen LogP contribution is 2.35. The van der Waals surface area contributed by atoms with Gasteiger partial charge in [0, 0.05) is 10.7 Å². The van der Waals surface area contributed by atoms with Gasteiger partial charge in [-0.25, -0.2) is 4.79 Å². The molecule has 3 aromatic carbocycles. The van der Waals surface area contributed by atoms with Crippen molar-refractivity contribution < 1.29 is 14.4 Å². The largest absolute Gasteiger partial charge is 0.326 e. The third kappa shape index (κ3) is 6.35. The number of rotatable bonds is 7. The van der Waals surface area contributed by atoms with Gasteiger partial charge in [-0.05, 0) is 65.9 Å². The molecule has 1 saturated carbocycles. The molecule has 0 aliphatic heterocycles. The van der Waals surface area contributed by atoms with Crippen molar-refractivity contribution >= 4 is 46.5 Å². The number of amides is 3. The zero-order valence-corrected chi connectivity index (χ0v) is 19.0. The predicted octanol–water partition coefficient (Wildman–Crippen LogP) is 6.18. The van der Waals surface area contributed by atoms with Crippen molar-refractivity contribution in [3.05, 3.63) is 105 Å². The van der Waals surface area contributed by atoms with Gasteiger partial charge in [0.2, 0.25) is 0 Å². The molecule has 0 radical (unpaired) electrons. The van der Waals surface area contributed by atoms with Crippen LogP contribution >= 0.6 is 23.2 Å². The van der Waals surface area contributed by atoms with E-state index in [4.69, 9.17) is 28.0 Å². The van der Waals surface area contributed by atoms with Gasteiger partial charge < -0.3 is 5.32 Å². The molecule has 1 aliphatic rings.